The summed E-state index contributed by atoms with van der Waals surface area (Å²) in [4.78, 5) is 8.79. The van der Waals surface area contributed by atoms with Gasteiger partial charge in [0.05, 0.1) is 11.4 Å². The number of hydrogen-bond acceptors (Lipinski definition) is 3. The topological polar surface area (TPSA) is 51.8 Å². The lowest BCUT2D eigenvalue weighted by molar-refractivity contribution is 1.19. The van der Waals surface area contributed by atoms with Crippen LogP contribution < -0.4 is 5.73 Å². The second-order valence-electron chi connectivity index (χ2n) is 5.95. The lowest BCUT2D eigenvalue weighted by Crippen LogP contribution is -1.98. The Kier molecular flexibility index (Phi) is 4.50. The van der Waals surface area contributed by atoms with Crippen molar-refractivity contribution in [2.45, 2.75) is 0 Å². The van der Waals surface area contributed by atoms with Gasteiger partial charge in [-0.2, -0.15) is 0 Å². The average Bonchev–Trinajstić information content (AvgIpc) is 2.68. The van der Waals surface area contributed by atoms with E-state index in [1.807, 2.05) is 48.5 Å². The number of rotatable bonds is 3. The van der Waals surface area contributed by atoms with Gasteiger partial charge >= 0.3 is 0 Å². The summed E-state index contributed by atoms with van der Waals surface area (Å²) in [5.74, 6) is 0.268. The Balaban J connectivity index is 1.72. The number of nitrogens with zero attached hydrogens (tertiary/aromatic N) is 2. The standard InChI is InChI=1S/C22H16BrN3/c23-19-8-4-7-18(13-19)21-14-20(25-22(24)26-21)17-11-9-16(10-12-17)15-5-2-1-3-6-15/h1-14H,(H2,24,25,26). The first kappa shape index (κ1) is 16.5. The van der Waals surface area contributed by atoms with E-state index >= 15 is 0 Å². The Morgan fingerprint density at radius 2 is 1.15 bits per heavy atom. The molecule has 26 heavy (non-hydrogen) atoms. The molecule has 0 saturated carbocycles. The van der Waals surface area contributed by atoms with Gasteiger partial charge in [-0.25, -0.2) is 9.97 Å². The van der Waals surface area contributed by atoms with E-state index in [-0.39, 0.29) is 5.95 Å². The van der Waals surface area contributed by atoms with Crippen LogP contribution in [0.4, 0.5) is 5.95 Å². The maximum Gasteiger partial charge on any atom is 0.221 e. The van der Waals surface area contributed by atoms with Crippen LogP contribution in [0, 0.1) is 0 Å². The molecule has 4 heteroatoms. The van der Waals surface area contributed by atoms with E-state index in [0.29, 0.717) is 0 Å². The summed E-state index contributed by atoms with van der Waals surface area (Å²) in [6, 6.07) is 28.6. The fourth-order valence-electron chi connectivity index (χ4n) is 2.87. The Labute approximate surface area is 160 Å². The summed E-state index contributed by atoms with van der Waals surface area (Å²) in [6.45, 7) is 0. The Hall–Kier alpha value is -2.98. The van der Waals surface area contributed by atoms with E-state index in [0.717, 1.165) is 27.0 Å². The molecule has 0 radical (unpaired) electrons. The molecule has 0 amide bonds. The molecule has 0 bridgehead atoms. The van der Waals surface area contributed by atoms with Gasteiger partial charge < -0.3 is 5.73 Å². The predicted octanol–water partition coefficient (Wildman–Crippen LogP) is 5.82. The summed E-state index contributed by atoms with van der Waals surface area (Å²) in [5.41, 5.74) is 11.9. The molecule has 0 aliphatic rings. The molecule has 2 N–H and O–H groups in total. The molecule has 0 unspecified atom stereocenters. The van der Waals surface area contributed by atoms with Gasteiger partial charge in [0.1, 0.15) is 0 Å². The summed E-state index contributed by atoms with van der Waals surface area (Å²) in [5, 5.41) is 0. The number of benzene rings is 3. The highest BCUT2D eigenvalue weighted by molar-refractivity contribution is 9.10. The van der Waals surface area contributed by atoms with E-state index in [1.165, 1.54) is 11.1 Å². The van der Waals surface area contributed by atoms with Crippen LogP contribution in [0.25, 0.3) is 33.6 Å². The largest absolute Gasteiger partial charge is 0.368 e. The fourth-order valence-corrected chi connectivity index (χ4v) is 3.27. The van der Waals surface area contributed by atoms with Gasteiger partial charge in [-0.1, -0.05) is 82.7 Å². The van der Waals surface area contributed by atoms with Crippen molar-refractivity contribution in [3.8, 4) is 33.6 Å². The van der Waals surface area contributed by atoms with Gasteiger partial charge in [-0.15, -0.1) is 0 Å². The molecular weight excluding hydrogens is 386 g/mol. The molecule has 4 rings (SSSR count). The van der Waals surface area contributed by atoms with Crippen molar-refractivity contribution in [2.24, 2.45) is 0 Å². The van der Waals surface area contributed by atoms with Crippen LogP contribution in [0.15, 0.2) is 89.4 Å². The van der Waals surface area contributed by atoms with Gasteiger partial charge in [0.15, 0.2) is 0 Å². The van der Waals surface area contributed by atoms with Crippen LogP contribution in [0.2, 0.25) is 0 Å². The second-order valence-corrected chi connectivity index (χ2v) is 6.87. The van der Waals surface area contributed by atoms with Crippen LogP contribution in [-0.2, 0) is 0 Å². The van der Waals surface area contributed by atoms with Gasteiger partial charge in [0, 0.05) is 15.6 Å². The molecule has 3 nitrogen and oxygen atoms in total. The van der Waals surface area contributed by atoms with E-state index in [1.54, 1.807) is 0 Å². The third kappa shape index (κ3) is 3.51. The van der Waals surface area contributed by atoms with Crippen molar-refractivity contribution in [1.29, 1.82) is 0 Å². The molecule has 1 heterocycles. The van der Waals surface area contributed by atoms with Crippen molar-refractivity contribution in [2.75, 3.05) is 5.73 Å². The number of nitrogen functional groups attached to an aromatic ring is 1. The third-order valence-corrected chi connectivity index (χ3v) is 4.64. The highest BCUT2D eigenvalue weighted by atomic mass is 79.9. The third-order valence-electron chi connectivity index (χ3n) is 4.15. The van der Waals surface area contributed by atoms with Crippen molar-refractivity contribution in [3.05, 3.63) is 89.4 Å². The molecule has 0 aliphatic carbocycles. The number of nitrogens with two attached hydrogens (primary N) is 1. The van der Waals surface area contributed by atoms with Crippen molar-refractivity contribution in [3.63, 3.8) is 0 Å². The highest BCUT2D eigenvalue weighted by Crippen LogP contribution is 2.28. The minimum absolute atomic E-state index is 0.268. The van der Waals surface area contributed by atoms with Gasteiger partial charge in [0.25, 0.3) is 0 Å². The molecule has 126 valence electrons. The predicted molar refractivity (Wildman–Crippen MR) is 110 cm³/mol. The van der Waals surface area contributed by atoms with Crippen molar-refractivity contribution in [1.82, 2.24) is 9.97 Å². The average molecular weight is 402 g/mol. The first-order valence-corrected chi connectivity index (χ1v) is 9.05. The maximum absolute atomic E-state index is 5.96. The number of hydrogen-bond donors (Lipinski definition) is 1. The van der Waals surface area contributed by atoms with Crippen LogP contribution in [0.5, 0.6) is 0 Å². The van der Waals surface area contributed by atoms with E-state index < -0.39 is 0 Å². The van der Waals surface area contributed by atoms with E-state index in [9.17, 15) is 0 Å². The zero-order valence-corrected chi connectivity index (χ0v) is 15.5. The zero-order chi connectivity index (χ0) is 17.9. The quantitative estimate of drug-likeness (QED) is 0.470. The molecule has 4 aromatic rings. The van der Waals surface area contributed by atoms with Gasteiger partial charge in [-0.05, 0) is 29.3 Å². The molecule has 0 saturated heterocycles. The fraction of sp³-hybridized carbons (Fsp3) is 0. The molecule has 0 fully saturated rings. The first-order valence-electron chi connectivity index (χ1n) is 8.25. The molecule has 0 aliphatic heterocycles. The lowest BCUT2D eigenvalue weighted by Gasteiger charge is -2.08. The molecule has 3 aromatic carbocycles. The monoisotopic (exact) mass is 401 g/mol. The summed E-state index contributed by atoms with van der Waals surface area (Å²) in [7, 11) is 0. The normalized spacial score (nSPS) is 10.7. The highest BCUT2D eigenvalue weighted by Gasteiger charge is 2.08. The maximum atomic E-state index is 5.96. The van der Waals surface area contributed by atoms with Crippen LogP contribution in [-0.4, -0.2) is 9.97 Å². The van der Waals surface area contributed by atoms with Crippen molar-refractivity contribution < 1.29 is 0 Å². The SMILES string of the molecule is Nc1nc(-c2ccc(-c3ccccc3)cc2)cc(-c2cccc(Br)c2)n1. The number of anilines is 1. The Bertz CT molecular complexity index is 1040. The lowest BCUT2D eigenvalue weighted by atomic mass is 10.0. The van der Waals surface area contributed by atoms with Gasteiger partial charge in [-0.3, -0.25) is 0 Å². The first-order chi connectivity index (χ1) is 12.7. The molecular formula is C22H16BrN3. The number of aromatic nitrogens is 2. The molecule has 0 spiro atoms. The minimum atomic E-state index is 0.268. The molecule has 1 aromatic heterocycles. The summed E-state index contributed by atoms with van der Waals surface area (Å²) in [6.07, 6.45) is 0. The smallest absolute Gasteiger partial charge is 0.221 e. The van der Waals surface area contributed by atoms with Crippen molar-refractivity contribution >= 4 is 21.9 Å². The summed E-state index contributed by atoms with van der Waals surface area (Å²) >= 11 is 3.50. The molecule has 0 atom stereocenters. The van der Waals surface area contributed by atoms with Crippen LogP contribution in [0.1, 0.15) is 0 Å². The Morgan fingerprint density at radius 3 is 1.85 bits per heavy atom. The van der Waals surface area contributed by atoms with E-state index in [2.05, 4.69) is 62.3 Å². The van der Waals surface area contributed by atoms with Gasteiger partial charge in [0.2, 0.25) is 5.95 Å². The number of halogens is 1. The summed E-state index contributed by atoms with van der Waals surface area (Å²) < 4.78 is 1.00. The Morgan fingerprint density at radius 1 is 0.577 bits per heavy atom. The van der Waals surface area contributed by atoms with Crippen LogP contribution >= 0.6 is 15.9 Å². The van der Waals surface area contributed by atoms with Crippen LogP contribution in [0.3, 0.4) is 0 Å². The zero-order valence-electron chi connectivity index (χ0n) is 13.9. The van der Waals surface area contributed by atoms with E-state index in [4.69, 9.17) is 5.73 Å². The second kappa shape index (κ2) is 7.10. The minimum Gasteiger partial charge on any atom is -0.368 e.